The van der Waals surface area contributed by atoms with Crippen molar-refractivity contribution in [2.24, 2.45) is 0 Å². The van der Waals surface area contributed by atoms with Gasteiger partial charge in [0.1, 0.15) is 0 Å². The van der Waals surface area contributed by atoms with Crippen molar-refractivity contribution in [3.63, 3.8) is 0 Å². The first-order valence-corrected chi connectivity index (χ1v) is 6.82. The van der Waals surface area contributed by atoms with Crippen LogP contribution in [-0.4, -0.2) is 10.1 Å². The zero-order valence-electron chi connectivity index (χ0n) is 10.2. The molecular formula is C13H10Cl2FN3S. The summed E-state index contributed by atoms with van der Waals surface area (Å²) in [5, 5.41) is 7.08. The van der Waals surface area contributed by atoms with Gasteiger partial charge in [0, 0.05) is 12.7 Å². The molecule has 2 rings (SSSR count). The molecule has 0 unspecified atom stereocenters. The van der Waals surface area contributed by atoms with Crippen LogP contribution in [-0.2, 0) is 6.54 Å². The van der Waals surface area contributed by atoms with Crippen molar-refractivity contribution in [2.45, 2.75) is 6.54 Å². The molecular weight excluding hydrogens is 320 g/mol. The quantitative estimate of drug-likeness (QED) is 0.659. The molecule has 0 saturated heterocycles. The number of aromatic nitrogens is 1. The number of anilines is 1. The summed E-state index contributed by atoms with van der Waals surface area (Å²) in [6.45, 7) is 0.378. The van der Waals surface area contributed by atoms with Crippen molar-refractivity contribution in [3.05, 3.63) is 58.1 Å². The van der Waals surface area contributed by atoms with Crippen molar-refractivity contribution < 1.29 is 4.39 Å². The van der Waals surface area contributed by atoms with Gasteiger partial charge in [-0.2, -0.15) is 4.39 Å². The highest BCUT2D eigenvalue weighted by Crippen LogP contribution is 2.29. The van der Waals surface area contributed by atoms with Gasteiger partial charge in [-0.25, -0.2) is 4.98 Å². The molecule has 0 aliphatic carbocycles. The molecule has 1 heterocycles. The molecule has 2 N–H and O–H groups in total. The molecule has 3 nitrogen and oxygen atoms in total. The summed E-state index contributed by atoms with van der Waals surface area (Å²) in [6, 6.07) is 8.24. The fourth-order valence-electron chi connectivity index (χ4n) is 1.50. The molecule has 20 heavy (non-hydrogen) atoms. The average Bonchev–Trinajstić information content (AvgIpc) is 2.42. The monoisotopic (exact) mass is 329 g/mol. The Kier molecular flexibility index (Phi) is 5.11. The molecule has 0 amide bonds. The standard InChI is InChI=1S/C13H10Cl2FN3S/c14-9-2-1-3-10(12(9)15)19-13(20)18-7-8-4-5-17-11(16)6-8/h1-6H,7H2,(H2,18,19,20). The topological polar surface area (TPSA) is 37.0 Å². The summed E-state index contributed by atoms with van der Waals surface area (Å²) in [7, 11) is 0. The SMILES string of the molecule is Fc1cc(CNC(=S)Nc2cccc(Cl)c2Cl)ccn1. The number of halogens is 3. The lowest BCUT2D eigenvalue weighted by atomic mass is 10.3. The highest BCUT2D eigenvalue weighted by atomic mass is 35.5. The number of benzene rings is 1. The second-order valence-corrected chi connectivity index (χ2v) is 5.09. The van der Waals surface area contributed by atoms with Crippen molar-refractivity contribution in [3.8, 4) is 0 Å². The lowest BCUT2D eigenvalue weighted by Crippen LogP contribution is -2.28. The lowest BCUT2D eigenvalue weighted by molar-refractivity contribution is 0.580. The van der Waals surface area contributed by atoms with Crippen molar-refractivity contribution >= 4 is 46.2 Å². The minimum absolute atomic E-state index is 0.367. The van der Waals surface area contributed by atoms with Crippen LogP contribution in [0.1, 0.15) is 5.56 Å². The third-order valence-electron chi connectivity index (χ3n) is 2.44. The maximum Gasteiger partial charge on any atom is 0.213 e. The fraction of sp³-hybridized carbons (Fsp3) is 0.0769. The number of hydrogen-bond donors (Lipinski definition) is 2. The molecule has 0 aliphatic heterocycles. The molecule has 0 spiro atoms. The number of nitrogens with zero attached hydrogens (tertiary/aromatic N) is 1. The van der Waals surface area contributed by atoms with Crippen molar-refractivity contribution in [1.29, 1.82) is 0 Å². The van der Waals surface area contributed by atoms with Crippen LogP contribution in [0.5, 0.6) is 0 Å². The van der Waals surface area contributed by atoms with Gasteiger partial charge >= 0.3 is 0 Å². The first-order valence-electron chi connectivity index (χ1n) is 5.65. The molecule has 1 aromatic carbocycles. The molecule has 0 saturated carbocycles. The Hall–Kier alpha value is -1.43. The van der Waals surface area contributed by atoms with E-state index in [2.05, 4.69) is 15.6 Å². The predicted octanol–water partition coefficient (Wildman–Crippen LogP) is 4.01. The van der Waals surface area contributed by atoms with Crippen LogP contribution in [0, 0.1) is 5.95 Å². The Bertz CT molecular complexity index is 637. The van der Waals surface area contributed by atoms with E-state index < -0.39 is 5.95 Å². The summed E-state index contributed by atoms with van der Waals surface area (Å²) in [4.78, 5) is 3.48. The fourth-order valence-corrected chi connectivity index (χ4v) is 2.03. The van der Waals surface area contributed by atoms with E-state index in [-0.39, 0.29) is 0 Å². The zero-order chi connectivity index (χ0) is 14.5. The Morgan fingerprint density at radius 3 is 2.85 bits per heavy atom. The first kappa shape index (κ1) is 15.0. The molecule has 2 aromatic rings. The van der Waals surface area contributed by atoms with Crippen LogP contribution in [0.25, 0.3) is 0 Å². The van der Waals surface area contributed by atoms with Crippen LogP contribution in [0.2, 0.25) is 10.0 Å². The van der Waals surface area contributed by atoms with Crippen LogP contribution in [0.3, 0.4) is 0 Å². The Labute approximate surface area is 131 Å². The second-order valence-electron chi connectivity index (χ2n) is 3.90. The third-order valence-corrected chi connectivity index (χ3v) is 3.51. The van der Waals surface area contributed by atoms with Gasteiger partial charge < -0.3 is 10.6 Å². The minimum atomic E-state index is -0.527. The van der Waals surface area contributed by atoms with E-state index in [0.717, 1.165) is 5.56 Å². The van der Waals surface area contributed by atoms with E-state index in [1.807, 2.05) is 0 Å². The van der Waals surface area contributed by atoms with Gasteiger partial charge in [0.05, 0.1) is 15.7 Å². The van der Waals surface area contributed by atoms with E-state index in [1.165, 1.54) is 12.3 Å². The van der Waals surface area contributed by atoms with Gasteiger partial charge in [0.15, 0.2) is 5.11 Å². The van der Waals surface area contributed by atoms with E-state index in [1.54, 1.807) is 24.3 Å². The molecule has 0 atom stereocenters. The molecule has 0 aliphatic rings. The summed E-state index contributed by atoms with van der Waals surface area (Å²) in [5.41, 5.74) is 1.34. The van der Waals surface area contributed by atoms with Crippen molar-refractivity contribution in [2.75, 3.05) is 5.32 Å². The first-order chi connectivity index (χ1) is 9.56. The van der Waals surface area contributed by atoms with Gasteiger partial charge in [0.25, 0.3) is 0 Å². The third kappa shape index (κ3) is 4.03. The van der Waals surface area contributed by atoms with Crippen LogP contribution in [0.4, 0.5) is 10.1 Å². The van der Waals surface area contributed by atoms with Gasteiger partial charge in [-0.05, 0) is 42.0 Å². The van der Waals surface area contributed by atoms with Crippen LogP contribution in [0.15, 0.2) is 36.5 Å². The van der Waals surface area contributed by atoms with Gasteiger partial charge in [-0.1, -0.05) is 29.3 Å². The maximum absolute atomic E-state index is 12.9. The normalized spacial score (nSPS) is 10.2. The summed E-state index contributed by atoms with van der Waals surface area (Å²) >= 11 is 17.1. The number of rotatable bonds is 3. The molecule has 104 valence electrons. The summed E-state index contributed by atoms with van der Waals surface area (Å²) in [6.07, 6.45) is 1.40. The number of pyridine rings is 1. The number of hydrogen-bond acceptors (Lipinski definition) is 2. The van der Waals surface area contributed by atoms with Crippen LogP contribution < -0.4 is 10.6 Å². The number of nitrogens with one attached hydrogen (secondary N) is 2. The molecule has 0 radical (unpaired) electrons. The highest BCUT2D eigenvalue weighted by molar-refractivity contribution is 7.80. The van der Waals surface area contributed by atoms with E-state index in [4.69, 9.17) is 35.4 Å². The predicted molar refractivity (Wildman–Crippen MR) is 83.7 cm³/mol. The Balaban J connectivity index is 1.94. The minimum Gasteiger partial charge on any atom is -0.358 e. The number of thiocarbonyl (C=S) groups is 1. The van der Waals surface area contributed by atoms with Gasteiger partial charge in [0.2, 0.25) is 5.95 Å². The zero-order valence-corrected chi connectivity index (χ0v) is 12.5. The average molecular weight is 330 g/mol. The summed E-state index contributed by atoms with van der Waals surface area (Å²) in [5.74, 6) is -0.527. The molecule has 1 aromatic heterocycles. The largest absolute Gasteiger partial charge is 0.358 e. The molecule has 0 bridgehead atoms. The Morgan fingerprint density at radius 2 is 2.10 bits per heavy atom. The Morgan fingerprint density at radius 1 is 1.30 bits per heavy atom. The van der Waals surface area contributed by atoms with Gasteiger partial charge in [-0.3, -0.25) is 0 Å². The molecule has 0 fully saturated rings. The van der Waals surface area contributed by atoms with E-state index >= 15 is 0 Å². The van der Waals surface area contributed by atoms with Gasteiger partial charge in [-0.15, -0.1) is 0 Å². The molecule has 7 heteroatoms. The van der Waals surface area contributed by atoms with E-state index in [0.29, 0.717) is 27.4 Å². The van der Waals surface area contributed by atoms with E-state index in [9.17, 15) is 4.39 Å². The maximum atomic E-state index is 12.9. The smallest absolute Gasteiger partial charge is 0.213 e. The van der Waals surface area contributed by atoms with Crippen molar-refractivity contribution in [1.82, 2.24) is 10.3 Å². The van der Waals surface area contributed by atoms with Crippen LogP contribution >= 0.6 is 35.4 Å². The lowest BCUT2D eigenvalue weighted by Gasteiger charge is -2.12. The second kappa shape index (κ2) is 6.83. The summed E-state index contributed by atoms with van der Waals surface area (Å²) < 4.78 is 12.9. The highest BCUT2D eigenvalue weighted by Gasteiger charge is 2.06.